The van der Waals surface area contributed by atoms with Crippen molar-refractivity contribution in [2.24, 2.45) is 11.8 Å². The van der Waals surface area contributed by atoms with Crippen molar-refractivity contribution < 1.29 is 14.4 Å². The summed E-state index contributed by atoms with van der Waals surface area (Å²) in [5.41, 5.74) is 1.19. The van der Waals surface area contributed by atoms with Gasteiger partial charge in [-0.25, -0.2) is 4.98 Å². The van der Waals surface area contributed by atoms with Crippen LogP contribution in [0, 0.1) is 11.8 Å². The van der Waals surface area contributed by atoms with Crippen molar-refractivity contribution in [3.05, 3.63) is 58.7 Å². The summed E-state index contributed by atoms with van der Waals surface area (Å²) >= 11 is 0. The fourth-order valence-corrected chi connectivity index (χ4v) is 5.12. The van der Waals surface area contributed by atoms with Crippen LogP contribution in [-0.4, -0.2) is 74.0 Å². The summed E-state index contributed by atoms with van der Waals surface area (Å²) in [5, 5.41) is 0. The molecule has 0 bridgehead atoms. The maximum Gasteiger partial charge on any atom is 0.258 e. The number of carbonyl (C=O) groups is 3. The Kier molecular flexibility index (Phi) is 5.57. The quantitative estimate of drug-likeness (QED) is 0.503. The minimum absolute atomic E-state index is 0.117. The number of likely N-dealkylation sites (tertiary alicyclic amines) is 1. The van der Waals surface area contributed by atoms with Crippen LogP contribution in [-0.2, 0) is 20.9 Å². The fraction of sp³-hybridized carbons (Fsp3) is 0.458. The number of piperazine rings is 1. The number of carbonyl (C=O) groups excluding carboxylic acids is 3. The third-order valence-electron chi connectivity index (χ3n) is 6.98. The maximum atomic E-state index is 13.1. The third kappa shape index (κ3) is 3.86. The van der Waals surface area contributed by atoms with Crippen LogP contribution in [0.25, 0.3) is 5.65 Å². The van der Waals surface area contributed by atoms with E-state index in [1.54, 1.807) is 36.2 Å². The molecule has 33 heavy (non-hydrogen) atoms. The lowest BCUT2D eigenvalue weighted by Crippen LogP contribution is -2.55. The lowest BCUT2D eigenvalue weighted by atomic mass is 9.85. The average Bonchev–Trinajstić information content (AvgIpc) is 3.09. The highest BCUT2D eigenvalue weighted by Crippen LogP contribution is 2.36. The SMILES string of the molecule is CC(C(=O)N1CCN(Cc2cc(=O)n3ccccc3n2)CC1)N1C(=O)C2CC=CCC2C1=O. The Hall–Kier alpha value is -3.33. The first-order valence-corrected chi connectivity index (χ1v) is 11.4. The van der Waals surface area contributed by atoms with Gasteiger partial charge in [-0.2, -0.15) is 0 Å². The van der Waals surface area contributed by atoms with Crippen LogP contribution in [0.2, 0.25) is 0 Å². The van der Waals surface area contributed by atoms with Crippen molar-refractivity contribution in [3.8, 4) is 0 Å². The van der Waals surface area contributed by atoms with E-state index in [4.69, 9.17) is 0 Å². The molecule has 1 aliphatic carbocycles. The molecule has 9 nitrogen and oxygen atoms in total. The Labute approximate surface area is 191 Å². The van der Waals surface area contributed by atoms with Gasteiger partial charge in [-0.3, -0.25) is 33.4 Å². The van der Waals surface area contributed by atoms with E-state index in [-0.39, 0.29) is 35.1 Å². The predicted octanol–water partition coefficient (Wildman–Crippen LogP) is 0.678. The van der Waals surface area contributed by atoms with Gasteiger partial charge in [0.1, 0.15) is 11.7 Å². The highest BCUT2D eigenvalue weighted by Gasteiger charge is 2.50. The number of aromatic nitrogens is 2. The molecule has 2 saturated heterocycles. The van der Waals surface area contributed by atoms with Crippen molar-refractivity contribution in [1.29, 1.82) is 0 Å². The number of pyridine rings is 1. The number of nitrogens with zero attached hydrogens (tertiary/aromatic N) is 5. The van der Waals surface area contributed by atoms with Gasteiger partial charge in [0.15, 0.2) is 0 Å². The lowest BCUT2D eigenvalue weighted by molar-refractivity contribution is -0.151. The summed E-state index contributed by atoms with van der Waals surface area (Å²) in [4.78, 5) is 60.7. The molecule has 0 N–H and O–H groups in total. The van der Waals surface area contributed by atoms with Gasteiger partial charge in [0, 0.05) is 45.0 Å². The molecule has 3 aliphatic rings. The number of rotatable bonds is 4. The summed E-state index contributed by atoms with van der Waals surface area (Å²) in [6.45, 7) is 4.44. The Balaban J connectivity index is 1.20. The number of hydrogen-bond donors (Lipinski definition) is 0. The zero-order chi connectivity index (χ0) is 23.1. The van der Waals surface area contributed by atoms with Gasteiger partial charge in [-0.15, -0.1) is 0 Å². The molecule has 3 atom stereocenters. The Morgan fingerprint density at radius 1 is 1.03 bits per heavy atom. The first kappa shape index (κ1) is 21.5. The third-order valence-corrected chi connectivity index (χ3v) is 6.98. The molecule has 2 aliphatic heterocycles. The second-order valence-electron chi connectivity index (χ2n) is 8.99. The normalized spacial score (nSPS) is 24.4. The van der Waals surface area contributed by atoms with Crippen LogP contribution in [0.3, 0.4) is 0 Å². The predicted molar refractivity (Wildman–Crippen MR) is 120 cm³/mol. The molecule has 0 radical (unpaired) electrons. The number of fused-ring (bicyclic) bond motifs is 2. The standard InChI is InChI=1S/C24H27N5O4/c1-16(29-23(32)18-6-2-3-7-19(18)24(29)33)22(31)27-12-10-26(11-13-27)15-17-14-21(30)28-9-5-4-8-20(28)25-17/h2-5,8-9,14,16,18-19H,6-7,10-13,15H2,1H3. The molecule has 3 unspecified atom stereocenters. The number of amides is 3. The van der Waals surface area contributed by atoms with E-state index in [1.807, 2.05) is 18.2 Å². The van der Waals surface area contributed by atoms with Crippen LogP contribution in [0.1, 0.15) is 25.5 Å². The molecular formula is C24H27N5O4. The molecule has 0 aromatic carbocycles. The molecular weight excluding hydrogens is 422 g/mol. The summed E-state index contributed by atoms with van der Waals surface area (Å²) in [6.07, 6.45) is 6.72. The molecule has 2 aromatic rings. The zero-order valence-corrected chi connectivity index (χ0v) is 18.6. The van der Waals surface area contributed by atoms with Gasteiger partial charge in [0.2, 0.25) is 17.7 Å². The van der Waals surface area contributed by atoms with Gasteiger partial charge in [-0.1, -0.05) is 18.2 Å². The Bertz CT molecular complexity index is 1170. The van der Waals surface area contributed by atoms with Gasteiger partial charge in [0.05, 0.1) is 17.5 Å². The van der Waals surface area contributed by atoms with Crippen molar-refractivity contribution >= 4 is 23.4 Å². The highest BCUT2D eigenvalue weighted by molar-refractivity contribution is 6.08. The van der Waals surface area contributed by atoms with Crippen LogP contribution >= 0.6 is 0 Å². The van der Waals surface area contributed by atoms with Gasteiger partial charge < -0.3 is 4.90 Å². The molecule has 5 rings (SSSR count). The lowest BCUT2D eigenvalue weighted by Gasteiger charge is -2.37. The number of allylic oxidation sites excluding steroid dienone is 2. The fourth-order valence-electron chi connectivity index (χ4n) is 5.12. The summed E-state index contributed by atoms with van der Waals surface area (Å²) < 4.78 is 1.51. The summed E-state index contributed by atoms with van der Waals surface area (Å²) in [7, 11) is 0. The van der Waals surface area contributed by atoms with Crippen molar-refractivity contribution in [2.75, 3.05) is 26.2 Å². The second kappa shape index (κ2) is 8.55. The molecule has 9 heteroatoms. The van der Waals surface area contributed by atoms with Crippen LogP contribution in [0.4, 0.5) is 0 Å². The van der Waals surface area contributed by atoms with E-state index in [9.17, 15) is 19.2 Å². The molecule has 2 fully saturated rings. The zero-order valence-electron chi connectivity index (χ0n) is 18.6. The largest absolute Gasteiger partial charge is 0.338 e. The van der Waals surface area contributed by atoms with Crippen molar-refractivity contribution in [2.45, 2.75) is 32.4 Å². The molecule has 2 aromatic heterocycles. The van der Waals surface area contributed by atoms with Crippen LogP contribution < -0.4 is 5.56 Å². The smallest absolute Gasteiger partial charge is 0.258 e. The van der Waals surface area contributed by atoms with Crippen LogP contribution in [0.5, 0.6) is 0 Å². The monoisotopic (exact) mass is 449 g/mol. The molecule has 172 valence electrons. The summed E-state index contributed by atoms with van der Waals surface area (Å²) in [6, 6.07) is 6.20. The van der Waals surface area contributed by atoms with E-state index in [2.05, 4.69) is 9.88 Å². The highest BCUT2D eigenvalue weighted by atomic mass is 16.2. The number of imide groups is 1. The van der Waals surface area contributed by atoms with Crippen LogP contribution in [0.15, 0.2) is 47.4 Å². The van der Waals surface area contributed by atoms with E-state index >= 15 is 0 Å². The Morgan fingerprint density at radius 3 is 2.36 bits per heavy atom. The van der Waals surface area contributed by atoms with E-state index < -0.39 is 6.04 Å². The van der Waals surface area contributed by atoms with E-state index in [0.29, 0.717) is 56.9 Å². The average molecular weight is 450 g/mol. The second-order valence-corrected chi connectivity index (χ2v) is 8.99. The molecule has 4 heterocycles. The van der Waals surface area contributed by atoms with Crippen molar-refractivity contribution in [3.63, 3.8) is 0 Å². The van der Waals surface area contributed by atoms with Gasteiger partial charge >= 0.3 is 0 Å². The minimum atomic E-state index is -0.788. The van der Waals surface area contributed by atoms with Gasteiger partial charge in [0.25, 0.3) is 5.56 Å². The minimum Gasteiger partial charge on any atom is -0.338 e. The Morgan fingerprint density at radius 2 is 1.70 bits per heavy atom. The van der Waals surface area contributed by atoms with E-state index in [0.717, 1.165) is 0 Å². The molecule has 3 amide bonds. The number of hydrogen-bond acceptors (Lipinski definition) is 6. The van der Waals surface area contributed by atoms with Gasteiger partial charge in [-0.05, 0) is 31.9 Å². The molecule has 0 saturated carbocycles. The van der Waals surface area contributed by atoms with Crippen molar-refractivity contribution in [1.82, 2.24) is 24.1 Å². The maximum absolute atomic E-state index is 13.1. The first-order chi connectivity index (χ1) is 15.9. The first-order valence-electron chi connectivity index (χ1n) is 11.4. The van der Waals surface area contributed by atoms with E-state index in [1.165, 1.54) is 9.30 Å². The molecule has 0 spiro atoms. The summed E-state index contributed by atoms with van der Waals surface area (Å²) in [5.74, 6) is -1.28. The topological polar surface area (TPSA) is 95.3 Å².